The van der Waals surface area contributed by atoms with E-state index in [-0.39, 0.29) is 5.75 Å². The van der Waals surface area contributed by atoms with E-state index in [0.29, 0.717) is 10.6 Å². The van der Waals surface area contributed by atoms with Gasteiger partial charge in [-0.05, 0) is 43.4 Å². The Bertz CT molecular complexity index is 788. The summed E-state index contributed by atoms with van der Waals surface area (Å²) in [4.78, 5) is 0. The molecule has 2 nitrogen and oxygen atoms in total. The van der Waals surface area contributed by atoms with Crippen molar-refractivity contribution in [1.82, 2.24) is 0 Å². The van der Waals surface area contributed by atoms with Gasteiger partial charge in [0, 0.05) is 22.1 Å². The van der Waals surface area contributed by atoms with Gasteiger partial charge in [-0.1, -0.05) is 58.6 Å². The van der Waals surface area contributed by atoms with Crippen molar-refractivity contribution in [3.8, 4) is 0 Å². The molecule has 0 radical (unpaired) electrons. The van der Waals surface area contributed by atoms with Crippen LogP contribution in [0, 0.1) is 13.8 Å². The molecule has 2 aromatic rings. The van der Waals surface area contributed by atoms with Gasteiger partial charge < -0.3 is 0 Å². The first-order valence-electron chi connectivity index (χ1n) is 7.29. The highest BCUT2D eigenvalue weighted by Gasteiger charge is 2.07. The fraction of sp³-hybridized carbons (Fsp3) is 0.333. The van der Waals surface area contributed by atoms with Crippen LogP contribution < -0.4 is 0 Å². The molecule has 0 aliphatic heterocycles. The lowest BCUT2D eigenvalue weighted by molar-refractivity contribution is 0.601. The molecule has 0 unspecified atom stereocenters. The van der Waals surface area contributed by atoms with Crippen molar-refractivity contribution in [3.63, 3.8) is 0 Å². The van der Waals surface area contributed by atoms with Gasteiger partial charge in [0.05, 0.1) is 5.75 Å². The molecule has 24 heavy (non-hydrogen) atoms. The van der Waals surface area contributed by atoms with Crippen molar-refractivity contribution >= 4 is 44.8 Å². The molecule has 6 heteroatoms. The van der Waals surface area contributed by atoms with Crippen molar-refractivity contribution < 1.29 is 8.42 Å². The number of benzene rings is 2. The number of aryl methyl sites for hydroxylation is 2. The molecule has 0 amide bonds. The minimum Gasteiger partial charge on any atom is -0.229 e. The van der Waals surface area contributed by atoms with Gasteiger partial charge in [0.15, 0.2) is 9.84 Å². The zero-order valence-electron chi connectivity index (χ0n) is 14.3. The van der Waals surface area contributed by atoms with Crippen LogP contribution in [-0.2, 0) is 21.3 Å². The highest BCUT2D eigenvalue weighted by Crippen LogP contribution is 2.21. The monoisotopic (exact) mass is 404 g/mol. The lowest BCUT2D eigenvalue weighted by Gasteiger charge is -2.03. The average molecular weight is 405 g/mol. The van der Waals surface area contributed by atoms with E-state index >= 15 is 0 Å². The molecule has 0 spiro atoms. The predicted octanol–water partition coefficient (Wildman–Crippen LogP) is 5.70. The lowest BCUT2D eigenvalue weighted by atomic mass is 10.2. The molecule has 0 bridgehead atoms. The van der Waals surface area contributed by atoms with Crippen molar-refractivity contribution in [2.24, 2.45) is 0 Å². The van der Waals surface area contributed by atoms with Crippen molar-refractivity contribution in [2.75, 3.05) is 12.5 Å². The standard InChI is InChI=1S/C9H11ClO2S.C9H11ClS/c1-7-3-4-9(10)8(5-7)6-13(2,11)12;1-7-3-4-9(10)8(5-7)6-11-2/h3-5H,6H2,1-2H3;3-5H,6H2,1-2H3. The molecule has 132 valence electrons. The predicted molar refractivity (Wildman–Crippen MR) is 108 cm³/mol. The van der Waals surface area contributed by atoms with E-state index in [9.17, 15) is 8.42 Å². The second-order valence-corrected chi connectivity index (χ2v) is 9.51. The number of hydrogen-bond acceptors (Lipinski definition) is 3. The highest BCUT2D eigenvalue weighted by molar-refractivity contribution is 7.97. The zero-order chi connectivity index (χ0) is 18.3. The second kappa shape index (κ2) is 9.71. The minimum atomic E-state index is -3.00. The number of sulfone groups is 1. The average Bonchev–Trinajstić information content (AvgIpc) is 2.46. The van der Waals surface area contributed by atoms with Crippen LogP contribution in [0.3, 0.4) is 0 Å². The summed E-state index contributed by atoms with van der Waals surface area (Å²) in [6.07, 6.45) is 3.28. The number of thioether (sulfide) groups is 1. The molecule has 0 aromatic heterocycles. The second-order valence-electron chi connectivity index (χ2n) is 5.69. The summed E-state index contributed by atoms with van der Waals surface area (Å²) >= 11 is 13.6. The summed E-state index contributed by atoms with van der Waals surface area (Å²) in [5.74, 6) is 1.01. The molecule has 0 N–H and O–H groups in total. The Balaban J connectivity index is 0.000000243. The third-order valence-corrected chi connectivity index (χ3v) is 5.29. The molecule has 0 saturated carbocycles. The Morgan fingerprint density at radius 1 is 0.917 bits per heavy atom. The van der Waals surface area contributed by atoms with E-state index in [0.717, 1.165) is 16.3 Å². The molecule has 0 aliphatic carbocycles. The first-order chi connectivity index (χ1) is 11.1. The summed E-state index contributed by atoms with van der Waals surface area (Å²) < 4.78 is 22.0. The Labute approximate surface area is 159 Å². The quantitative estimate of drug-likeness (QED) is 0.654. The first-order valence-corrected chi connectivity index (χ1v) is 11.5. The highest BCUT2D eigenvalue weighted by atomic mass is 35.5. The number of hydrogen-bond donors (Lipinski definition) is 0. The topological polar surface area (TPSA) is 34.1 Å². The molecular weight excluding hydrogens is 383 g/mol. The zero-order valence-corrected chi connectivity index (χ0v) is 17.4. The normalized spacial score (nSPS) is 10.9. The van der Waals surface area contributed by atoms with E-state index < -0.39 is 9.84 Å². The largest absolute Gasteiger partial charge is 0.229 e. The summed E-state index contributed by atoms with van der Waals surface area (Å²) in [5.41, 5.74) is 4.20. The number of rotatable bonds is 4. The van der Waals surface area contributed by atoms with E-state index in [1.54, 1.807) is 23.9 Å². The third-order valence-electron chi connectivity index (χ3n) is 3.12. The summed E-state index contributed by atoms with van der Waals surface area (Å²) in [5, 5.41) is 1.39. The summed E-state index contributed by atoms with van der Waals surface area (Å²) in [6, 6.07) is 11.5. The van der Waals surface area contributed by atoms with Gasteiger partial charge >= 0.3 is 0 Å². The van der Waals surface area contributed by atoms with E-state index in [1.807, 2.05) is 25.1 Å². The van der Waals surface area contributed by atoms with Crippen LogP contribution in [0.1, 0.15) is 22.3 Å². The van der Waals surface area contributed by atoms with Crippen LogP contribution in [0.15, 0.2) is 36.4 Å². The van der Waals surface area contributed by atoms with Gasteiger partial charge in [-0.2, -0.15) is 11.8 Å². The maximum Gasteiger partial charge on any atom is 0.151 e. The van der Waals surface area contributed by atoms with Gasteiger partial charge in [0.2, 0.25) is 0 Å². The van der Waals surface area contributed by atoms with E-state index in [4.69, 9.17) is 23.2 Å². The maximum atomic E-state index is 11.0. The molecule has 0 saturated heterocycles. The van der Waals surface area contributed by atoms with Crippen molar-refractivity contribution in [2.45, 2.75) is 25.4 Å². The molecular formula is C18H22Cl2O2S2. The van der Waals surface area contributed by atoms with Gasteiger partial charge in [-0.25, -0.2) is 8.42 Å². The Morgan fingerprint density at radius 2 is 1.38 bits per heavy atom. The van der Waals surface area contributed by atoms with Crippen molar-refractivity contribution in [1.29, 1.82) is 0 Å². The minimum absolute atomic E-state index is 0.00745. The Morgan fingerprint density at radius 3 is 1.83 bits per heavy atom. The Hall–Kier alpha value is -0.680. The Kier molecular flexibility index (Phi) is 8.65. The van der Waals surface area contributed by atoms with Crippen LogP contribution in [0.5, 0.6) is 0 Å². The molecule has 2 rings (SSSR count). The molecule has 0 aliphatic rings. The van der Waals surface area contributed by atoms with E-state index in [2.05, 4.69) is 19.2 Å². The van der Waals surface area contributed by atoms with Crippen LogP contribution in [0.2, 0.25) is 10.0 Å². The lowest BCUT2D eigenvalue weighted by Crippen LogP contribution is -2.01. The van der Waals surface area contributed by atoms with Gasteiger partial charge in [-0.15, -0.1) is 0 Å². The first kappa shape index (κ1) is 21.4. The fourth-order valence-electron chi connectivity index (χ4n) is 2.07. The maximum absolute atomic E-state index is 11.0. The van der Waals surface area contributed by atoms with Crippen molar-refractivity contribution in [3.05, 3.63) is 68.7 Å². The van der Waals surface area contributed by atoms with Crippen LogP contribution in [0.4, 0.5) is 0 Å². The smallest absolute Gasteiger partial charge is 0.151 e. The molecule has 0 fully saturated rings. The van der Waals surface area contributed by atoms with Gasteiger partial charge in [0.25, 0.3) is 0 Å². The SMILES string of the molecule is CSCc1cc(C)ccc1Cl.Cc1ccc(Cl)c(CS(C)(=O)=O)c1. The summed E-state index contributed by atoms with van der Waals surface area (Å²) in [6.45, 7) is 3.99. The van der Waals surface area contributed by atoms with Crippen LogP contribution in [0.25, 0.3) is 0 Å². The van der Waals surface area contributed by atoms with Crippen LogP contribution in [-0.4, -0.2) is 20.9 Å². The van der Waals surface area contributed by atoms with Gasteiger partial charge in [0.1, 0.15) is 0 Å². The summed E-state index contributed by atoms with van der Waals surface area (Å²) in [7, 11) is -3.00. The molecule has 2 aromatic carbocycles. The molecule has 0 heterocycles. The third kappa shape index (κ3) is 7.93. The van der Waals surface area contributed by atoms with E-state index in [1.165, 1.54) is 17.4 Å². The molecule has 0 atom stereocenters. The van der Waals surface area contributed by atoms with Crippen LogP contribution >= 0.6 is 35.0 Å². The number of halogens is 2. The van der Waals surface area contributed by atoms with Gasteiger partial charge in [-0.3, -0.25) is 0 Å². The fourth-order valence-corrected chi connectivity index (χ4v) is 3.95.